The first kappa shape index (κ1) is 15.3. The summed E-state index contributed by atoms with van der Waals surface area (Å²) in [4.78, 5) is 15.7. The van der Waals surface area contributed by atoms with Gasteiger partial charge in [0.2, 0.25) is 5.91 Å². The lowest BCUT2D eigenvalue weighted by Crippen LogP contribution is -2.19. The van der Waals surface area contributed by atoms with Crippen molar-refractivity contribution in [2.24, 2.45) is 5.10 Å². The van der Waals surface area contributed by atoms with Crippen LogP contribution in [-0.2, 0) is 4.79 Å². The van der Waals surface area contributed by atoms with Gasteiger partial charge in [-0.2, -0.15) is 5.10 Å². The number of hydrogen-bond acceptors (Lipinski definition) is 5. The molecule has 21 heavy (non-hydrogen) atoms. The van der Waals surface area contributed by atoms with Crippen LogP contribution in [-0.4, -0.2) is 28.0 Å². The van der Waals surface area contributed by atoms with Crippen molar-refractivity contribution in [2.75, 3.05) is 5.75 Å². The van der Waals surface area contributed by atoms with E-state index in [-0.39, 0.29) is 17.4 Å². The Labute approximate surface area is 131 Å². The van der Waals surface area contributed by atoms with Gasteiger partial charge in [-0.05, 0) is 30.3 Å². The summed E-state index contributed by atoms with van der Waals surface area (Å²) >= 11 is 7.12. The molecule has 2 rings (SSSR count). The quantitative estimate of drug-likeness (QED) is 0.504. The lowest BCUT2D eigenvalue weighted by molar-refractivity contribution is -0.118. The molecule has 0 spiro atoms. The van der Waals surface area contributed by atoms with Crippen LogP contribution in [0.15, 0.2) is 52.7 Å². The zero-order chi connectivity index (χ0) is 15.1. The molecule has 0 saturated carbocycles. The van der Waals surface area contributed by atoms with E-state index in [0.29, 0.717) is 10.6 Å². The van der Waals surface area contributed by atoms with Gasteiger partial charge in [0.25, 0.3) is 0 Å². The zero-order valence-corrected chi connectivity index (χ0v) is 12.4. The standard InChI is InChI=1S/C14H12ClN3O2S/c15-11-4-5-12(19)10(7-11)8-17-18-13(20)9-21-14-3-1-2-6-16-14/h1-8,19H,9H2,(H,18,20)/b17-8+. The normalized spacial score (nSPS) is 10.7. The maximum Gasteiger partial charge on any atom is 0.250 e. The molecule has 1 amide bonds. The number of carbonyl (C=O) groups is 1. The van der Waals surface area contributed by atoms with Crippen molar-refractivity contribution in [3.8, 4) is 5.75 Å². The van der Waals surface area contributed by atoms with E-state index in [1.54, 1.807) is 18.3 Å². The molecule has 2 N–H and O–H groups in total. The molecule has 1 aromatic carbocycles. The molecule has 7 heteroatoms. The molecule has 0 unspecified atom stereocenters. The summed E-state index contributed by atoms with van der Waals surface area (Å²) in [6.07, 6.45) is 3.00. The van der Waals surface area contributed by atoms with Gasteiger partial charge in [0.1, 0.15) is 5.75 Å². The number of nitrogens with zero attached hydrogens (tertiary/aromatic N) is 2. The number of hydrogen-bond donors (Lipinski definition) is 2. The molecule has 0 aliphatic heterocycles. The number of rotatable bonds is 5. The predicted molar refractivity (Wildman–Crippen MR) is 83.8 cm³/mol. The van der Waals surface area contributed by atoms with Crippen LogP contribution in [0.3, 0.4) is 0 Å². The van der Waals surface area contributed by atoms with Crippen molar-refractivity contribution < 1.29 is 9.90 Å². The molecular formula is C14H12ClN3O2S. The SMILES string of the molecule is O=C(CSc1ccccn1)N/N=C/c1cc(Cl)ccc1O. The second kappa shape index (κ2) is 7.66. The number of amides is 1. The van der Waals surface area contributed by atoms with Crippen LogP contribution >= 0.6 is 23.4 Å². The van der Waals surface area contributed by atoms with Gasteiger partial charge in [0, 0.05) is 16.8 Å². The number of hydrazone groups is 1. The number of aromatic hydroxyl groups is 1. The van der Waals surface area contributed by atoms with Crippen molar-refractivity contribution in [1.82, 2.24) is 10.4 Å². The lowest BCUT2D eigenvalue weighted by Gasteiger charge is -2.01. The van der Waals surface area contributed by atoms with E-state index in [9.17, 15) is 9.90 Å². The first-order valence-corrected chi connectivity index (χ1v) is 7.36. The fourth-order valence-electron chi connectivity index (χ4n) is 1.41. The molecular weight excluding hydrogens is 310 g/mol. The first-order chi connectivity index (χ1) is 10.1. The molecule has 0 saturated heterocycles. The average molecular weight is 322 g/mol. The van der Waals surface area contributed by atoms with Crippen molar-refractivity contribution in [3.05, 3.63) is 53.2 Å². The third-order valence-corrected chi connectivity index (χ3v) is 3.55. The highest BCUT2D eigenvalue weighted by Gasteiger charge is 2.02. The topological polar surface area (TPSA) is 74.6 Å². The highest BCUT2D eigenvalue weighted by Crippen LogP contribution is 2.19. The van der Waals surface area contributed by atoms with Gasteiger partial charge in [0.15, 0.2) is 0 Å². The molecule has 108 valence electrons. The van der Waals surface area contributed by atoms with Gasteiger partial charge in [-0.15, -0.1) is 0 Å². The van der Waals surface area contributed by atoms with E-state index in [4.69, 9.17) is 11.6 Å². The number of phenolic OH excluding ortho intramolecular Hbond substituents is 1. The van der Waals surface area contributed by atoms with Crippen LogP contribution in [0.5, 0.6) is 5.75 Å². The van der Waals surface area contributed by atoms with Crippen LogP contribution in [0.1, 0.15) is 5.56 Å². The van der Waals surface area contributed by atoms with Gasteiger partial charge in [0.05, 0.1) is 17.0 Å². The number of halogens is 1. The van der Waals surface area contributed by atoms with Crippen molar-refractivity contribution in [2.45, 2.75) is 5.03 Å². The largest absolute Gasteiger partial charge is 0.507 e. The molecule has 0 radical (unpaired) electrons. The second-order valence-corrected chi connectivity index (χ2v) is 5.39. The second-order valence-electron chi connectivity index (χ2n) is 3.95. The number of carbonyl (C=O) groups excluding carboxylic acids is 1. The molecule has 5 nitrogen and oxygen atoms in total. The fraction of sp³-hybridized carbons (Fsp3) is 0.0714. The number of benzene rings is 1. The molecule has 2 aromatic rings. The minimum atomic E-state index is -0.261. The summed E-state index contributed by atoms with van der Waals surface area (Å²) in [5.41, 5.74) is 2.81. The Morgan fingerprint density at radius 3 is 3.05 bits per heavy atom. The number of pyridine rings is 1. The predicted octanol–water partition coefficient (Wildman–Crippen LogP) is 2.68. The van der Waals surface area contributed by atoms with Crippen LogP contribution in [0.4, 0.5) is 0 Å². The minimum Gasteiger partial charge on any atom is -0.507 e. The Hall–Kier alpha value is -2.05. The van der Waals surface area contributed by atoms with Gasteiger partial charge >= 0.3 is 0 Å². The summed E-state index contributed by atoms with van der Waals surface area (Å²) in [5, 5.41) is 14.6. The number of thioether (sulfide) groups is 1. The molecule has 0 bridgehead atoms. The Bertz CT molecular complexity index is 650. The van der Waals surface area contributed by atoms with Gasteiger partial charge in [-0.25, -0.2) is 10.4 Å². The molecule has 0 atom stereocenters. The Balaban J connectivity index is 1.83. The van der Waals surface area contributed by atoms with Crippen LogP contribution in [0, 0.1) is 0 Å². The van der Waals surface area contributed by atoms with E-state index < -0.39 is 0 Å². The van der Waals surface area contributed by atoms with Crippen LogP contribution in [0.2, 0.25) is 5.02 Å². The summed E-state index contributed by atoms with van der Waals surface area (Å²) in [7, 11) is 0. The molecule has 0 aliphatic carbocycles. The zero-order valence-electron chi connectivity index (χ0n) is 10.9. The average Bonchev–Trinajstić information content (AvgIpc) is 2.50. The summed E-state index contributed by atoms with van der Waals surface area (Å²) in [5.74, 6) is -0.0146. The lowest BCUT2D eigenvalue weighted by atomic mass is 10.2. The number of phenols is 1. The molecule has 1 heterocycles. The number of aromatic nitrogens is 1. The van der Waals surface area contributed by atoms with Gasteiger partial charge in [-0.1, -0.05) is 29.4 Å². The van der Waals surface area contributed by atoms with Gasteiger partial charge in [-0.3, -0.25) is 4.79 Å². The van der Waals surface area contributed by atoms with Crippen molar-refractivity contribution in [3.63, 3.8) is 0 Å². The van der Waals surface area contributed by atoms with E-state index in [2.05, 4.69) is 15.5 Å². The van der Waals surface area contributed by atoms with Crippen LogP contribution in [0.25, 0.3) is 0 Å². The highest BCUT2D eigenvalue weighted by molar-refractivity contribution is 7.99. The van der Waals surface area contributed by atoms with Gasteiger partial charge < -0.3 is 5.11 Å². The monoisotopic (exact) mass is 321 g/mol. The number of nitrogens with one attached hydrogen (secondary N) is 1. The molecule has 0 fully saturated rings. The Morgan fingerprint density at radius 2 is 2.29 bits per heavy atom. The maximum absolute atomic E-state index is 11.6. The van der Waals surface area contributed by atoms with Crippen molar-refractivity contribution >= 4 is 35.5 Å². The van der Waals surface area contributed by atoms with E-state index in [1.165, 1.54) is 24.0 Å². The maximum atomic E-state index is 11.6. The summed E-state index contributed by atoms with van der Waals surface area (Å²) < 4.78 is 0. The van der Waals surface area contributed by atoms with E-state index >= 15 is 0 Å². The molecule has 1 aromatic heterocycles. The van der Waals surface area contributed by atoms with Crippen molar-refractivity contribution in [1.29, 1.82) is 0 Å². The summed E-state index contributed by atoms with van der Waals surface area (Å²) in [6, 6.07) is 10.1. The summed E-state index contributed by atoms with van der Waals surface area (Å²) in [6.45, 7) is 0. The third kappa shape index (κ3) is 5.09. The van der Waals surface area contributed by atoms with E-state index in [0.717, 1.165) is 5.03 Å². The first-order valence-electron chi connectivity index (χ1n) is 5.99. The highest BCUT2D eigenvalue weighted by atomic mass is 35.5. The van der Waals surface area contributed by atoms with E-state index in [1.807, 2.05) is 18.2 Å². The Kier molecular flexibility index (Phi) is 5.59. The fourth-order valence-corrected chi connectivity index (χ4v) is 2.24. The minimum absolute atomic E-state index is 0.0419. The molecule has 0 aliphatic rings. The Morgan fingerprint density at radius 1 is 1.43 bits per heavy atom. The van der Waals surface area contributed by atoms with Crippen LogP contribution < -0.4 is 5.43 Å². The third-order valence-electron chi connectivity index (χ3n) is 2.37. The smallest absolute Gasteiger partial charge is 0.250 e.